The van der Waals surface area contributed by atoms with Gasteiger partial charge in [-0.2, -0.15) is 11.8 Å². The Labute approximate surface area is 109 Å². The van der Waals surface area contributed by atoms with E-state index in [1.807, 2.05) is 0 Å². The summed E-state index contributed by atoms with van der Waals surface area (Å²) in [7, 11) is 1.49. The molecule has 0 spiro atoms. The molecule has 7 nitrogen and oxygen atoms in total. The highest BCUT2D eigenvalue weighted by molar-refractivity contribution is 7.99. The Morgan fingerprint density at radius 3 is 2.78 bits per heavy atom. The van der Waals surface area contributed by atoms with E-state index in [0.717, 1.165) is 5.75 Å². The SMILES string of the molecule is CNC(=O)CNC(=O)N1CCSCC1CC(=O)O. The number of nitrogens with one attached hydrogen (secondary N) is 2. The zero-order chi connectivity index (χ0) is 13.5. The van der Waals surface area contributed by atoms with Gasteiger partial charge in [-0.05, 0) is 0 Å². The van der Waals surface area contributed by atoms with Gasteiger partial charge in [0.1, 0.15) is 0 Å². The van der Waals surface area contributed by atoms with Crippen LogP contribution in [0, 0.1) is 0 Å². The number of rotatable bonds is 4. The molecule has 1 fully saturated rings. The van der Waals surface area contributed by atoms with Crippen LogP contribution in [0.25, 0.3) is 0 Å². The molecular weight excluding hydrogens is 258 g/mol. The molecule has 1 saturated heterocycles. The van der Waals surface area contributed by atoms with E-state index < -0.39 is 5.97 Å². The van der Waals surface area contributed by atoms with Crippen molar-refractivity contribution in [1.82, 2.24) is 15.5 Å². The number of carbonyl (C=O) groups is 3. The molecule has 0 saturated carbocycles. The predicted octanol–water partition coefficient (Wildman–Crippen LogP) is -0.666. The summed E-state index contributed by atoms with van der Waals surface area (Å²) < 4.78 is 0. The highest BCUT2D eigenvalue weighted by Crippen LogP contribution is 2.18. The number of aliphatic carboxylic acids is 1. The van der Waals surface area contributed by atoms with Crippen LogP contribution in [0.15, 0.2) is 0 Å². The largest absolute Gasteiger partial charge is 0.481 e. The van der Waals surface area contributed by atoms with Gasteiger partial charge in [0, 0.05) is 25.1 Å². The molecule has 1 atom stereocenters. The van der Waals surface area contributed by atoms with Gasteiger partial charge in [0.15, 0.2) is 0 Å². The number of carbonyl (C=O) groups excluding carboxylic acids is 2. The summed E-state index contributed by atoms with van der Waals surface area (Å²) in [5.74, 6) is 0.180. The quantitative estimate of drug-likeness (QED) is 0.632. The Balaban J connectivity index is 2.51. The number of nitrogens with zero attached hydrogens (tertiary/aromatic N) is 1. The molecular formula is C10H17N3O4S. The summed E-state index contributed by atoms with van der Waals surface area (Å²) in [5, 5.41) is 13.7. The lowest BCUT2D eigenvalue weighted by Gasteiger charge is -2.34. The minimum atomic E-state index is -0.924. The van der Waals surface area contributed by atoms with Crippen LogP contribution < -0.4 is 10.6 Å². The zero-order valence-electron chi connectivity index (χ0n) is 10.1. The predicted molar refractivity (Wildman–Crippen MR) is 67.5 cm³/mol. The lowest BCUT2D eigenvalue weighted by atomic mass is 10.2. The summed E-state index contributed by atoms with van der Waals surface area (Å²) >= 11 is 1.63. The van der Waals surface area contributed by atoms with Crippen molar-refractivity contribution in [3.05, 3.63) is 0 Å². The van der Waals surface area contributed by atoms with Crippen molar-refractivity contribution in [2.45, 2.75) is 12.5 Å². The fraction of sp³-hybridized carbons (Fsp3) is 0.700. The zero-order valence-corrected chi connectivity index (χ0v) is 11.0. The molecule has 8 heteroatoms. The second-order valence-electron chi connectivity index (χ2n) is 3.85. The first kappa shape index (κ1) is 14.6. The minimum absolute atomic E-state index is 0.0691. The lowest BCUT2D eigenvalue weighted by Crippen LogP contribution is -2.52. The fourth-order valence-electron chi connectivity index (χ4n) is 1.64. The van der Waals surface area contributed by atoms with E-state index in [1.54, 1.807) is 11.8 Å². The molecule has 1 heterocycles. The average molecular weight is 275 g/mol. The fourth-order valence-corrected chi connectivity index (χ4v) is 2.70. The second-order valence-corrected chi connectivity index (χ2v) is 5.00. The van der Waals surface area contributed by atoms with E-state index in [9.17, 15) is 14.4 Å². The highest BCUT2D eigenvalue weighted by atomic mass is 32.2. The van der Waals surface area contributed by atoms with Gasteiger partial charge in [-0.25, -0.2) is 4.79 Å². The van der Waals surface area contributed by atoms with Crippen LogP contribution in [-0.4, -0.2) is 65.6 Å². The van der Waals surface area contributed by atoms with Crippen LogP contribution in [0.3, 0.4) is 0 Å². The Morgan fingerprint density at radius 1 is 1.44 bits per heavy atom. The molecule has 0 bridgehead atoms. The molecule has 1 aliphatic heterocycles. The molecule has 1 rings (SSSR count). The number of hydrogen-bond acceptors (Lipinski definition) is 4. The van der Waals surface area contributed by atoms with Gasteiger partial charge < -0.3 is 20.6 Å². The number of urea groups is 1. The van der Waals surface area contributed by atoms with Crippen molar-refractivity contribution in [3.63, 3.8) is 0 Å². The molecule has 102 valence electrons. The maximum absolute atomic E-state index is 11.8. The Hall–Kier alpha value is -1.44. The Bertz CT molecular complexity index is 337. The molecule has 0 aromatic rings. The maximum atomic E-state index is 11.8. The lowest BCUT2D eigenvalue weighted by molar-refractivity contribution is -0.138. The first-order chi connectivity index (χ1) is 8.54. The molecule has 18 heavy (non-hydrogen) atoms. The molecule has 0 aliphatic carbocycles. The Kier molecular flexibility index (Phi) is 5.76. The van der Waals surface area contributed by atoms with Crippen molar-refractivity contribution in [1.29, 1.82) is 0 Å². The summed E-state index contributed by atoms with van der Waals surface area (Å²) in [6.07, 6.45) is -0.0691. The van der Waals surface area contributed by atoms with Crippen LogP contribution >= 0.6 is 11.8 Å². The van der Waals surface area contributed by atoms with Gasteiger partial charge in [-0.3, -0.25) is 9.59 Å². The van der Waals surface area contributed by atoms with Crippen LogP contribution in [0.5, 0.6) is 0 Å². The van der Waals surface area contributed by atoms with Crippen molar-refractivity contribution >= 4 is 29.7 Å². The normalized spacial score (nSPS) is 19.2. The minimum Gasteiger partial charge on any atom is -0.481 e. The number of carboxylic acid groups (broad SMARTS) is 1. The molecule has 3 N–H and O–H groups in total. The van der Waals surface area contributed by atoms with Crippen LogP contribution in [-0.2, 0) is 9.59 Å². The summed E-state index contributed by atoms with van der Waals surface area (Å²) in [6, 6.07) is -0.698. The van der Waals surface area contributed by atoms with Gasteiger partial charge in [0.2, 0.25) is 5.91 Å². The number of carboxylic acids is 1. The van der Waals surface area contributed by atoms with Gasteiger partial charge in [0.25, 0.3) is 0 Å². The second kappa shape index (κ2) is 7.10. The number of thioether (sulfide) groups is 1. The van der Waals surface area contributed by atoms with E-state index in [0.29, 0.717) is 12.3 Å². The monoisotopic (exact) mass is 275 g/mol. The van der Waals surface area contributed by atoms with Crippen LogP contribution in [0.1, 0.15) is 6.42 Å². The van der Waals surface area contributed by atoms with E-state index in [2.05, 4.69) is 10.6 Å². The first-order valence-corrected chi connectivity index (χ1v) is 6.74. The summed E-state index contributed by atoms with van der Waals surface area (Å²) in [6.45, 7) is 0.404. The van der Waals surface area contributed by atoms with Crippen LogP contribution in [0.2, 0.25) is 0 Å². The third-order valence-corrected chi connectivity index (χ3v) is 3.67. The van der Waals surface area contributed by atoms with Crippen molar-refractivity contribution < 1.29 is 19.5 Å². The van der Waals surface area contributed by atoms with E-state index in [4.69, 9.17) is 5.11 Å². The molecule has 3 amide bonds. The number of amides is 3. The van der Waals surface area contributed by atoms with Crippen LogP contribution in [0.4, 0.5) is 4.79 Å². The molecule has 1 unspecified atom stereocenters. The molecule has 0 radical (unpaired) electrons. The number of hydrogen-bond donors (Lipinski definition) is 3. The van der Waals surface area contributed by atoms with Gasteiger partial charge in [-0.1, -0.05) is 0 Å². The molecule has 0 aromatic heterocycles. The highest BCUT2D eigenvalue weighted by Gasteiger charge is 2.28. The van der Waals surface area contributed by atoms with Gasteiger partial charge >= 0.3 is 12.0 Å². The summed E-state index contributed by atoms with van der Waals surface area (Å²) in [5.41, 5.74) is 0. The first-order valence-electron chi connectivity index (χ1n) is 5.59. The smallest absolute Gasteiger partial charge is 0.318 e. The average Bonchev–Trinajstić information content (AvgIpc) is 2.35. The standard InChI is InChI=1S/C10H17N3O4S/c1-11-8(14)5-12-10(17)13-2-3-18-6-7(13)4-9(15)16/h7H,2-6H2,1H3,(H,11,14)(H,12,17)(H,15,16). The van der Waals surface area contributed by atoms with Crippen molar-refractivity contribution in [2.75, 3.05) is 31.6 Å². The summed E-state index contributed by atoms with van der Waals surface area (Å²) in [4.78, 5) is 35.1. The topological polar surface area (TPSA) is 98.7 Å². The van der Waals surface area contributed by atoms with Gasteiger partial charge in [-0.15, -0.1) is 0 Å². The number of likely N-dealkylation sites (N-methyl/N-ethyl adjacent to an activating group) is 1. The van der Waals surface area contributed by atoms with E-state index in [1.165, 1.54) is 11.9 Å². The maximum Gasteiger partial charge on any atom is 0.318 e. The molecule has 1 aliphatic rings. The Morgan fingerprint density at radius 2 is 2.17 bits per heavy atom. The third kappa shape index (κ3) is 4.44. The molecule has 0 aromatic carbocycles. The van der Waals surface area contributed by atoms with Crippen molar-refractivity contribution in [3.8, 4) is 0 Å². The third-order valence-electron chi connectivity index (χ3n) is 2.58. The van der Waals surface area contributed by atoms with Gasteiger partial charge in [0.05, 0.1) is 19.0 Å². The van der Waals surface area contributed by atoms with E-state index in [-0.39, 0.29) is 30.9 Å². The van der Waals surface area contributed by atoms with E-state index >= 15 is 0 Å². The van der Waals surface area contributed by atoms with Crippen molar-refractivity contribution in [2.24, 2.45) is 0 Å².